The lowest BCUT2D eigenvalue weighted by atomic mass is 9.92. The largest absolute Gasteiger partial charge is 0.493 e. The number of carbonyl (C=O) groups is 1. The van der Waals surface area contributed by atoms with E-state index in [1.165, 1.54) is 36.9 Å². The van der Waals surface area contributed by atoms with Crippen LogP contribution in [0.5, 0.6) is 23.0 Å². The molecule has 4 aromatic carbocycles. The molecule has 69 heavy (non-hydrogen) atoms. The van der Waals surface area contributed by atoms with Crippen LogP contribution < -0.4 is 29.6 Å². The number of anilines is 4. The Morgan fingerprint density at radius 2 is 1.09 bits per heavy atom. The van der Waals surface area contributed by atoms with Crippen molar-refractivity contribution in [1.29, 1.82) is 0 Å². The van der Waals surface area contributed by atoms with Crippen LogP contribution in [0.15, 0.2) is 73.3 Å². The Kier molecular flexibility index (Phi) is 16.2. The molecule has 0 radical (unpaired) electrons. The lowest BCUT2D eigenvalue weighted by Gasteiger charge is -2.38. The zero-order valence-corrected chi connectivity index (χ0v) is 40.8. The molecule has 0 unspecified atom stereocenters. The first-order valence-corrected chi connectivity index (χ1v) is 23.8. The number of nitrogens with one attached hydrogen (secondary N) is 2. The molecule has 1 aliphatic heterocycles. The minimum absolute atomic E-state index is 0.0126. The van der Waals surface area contributed by atoms with Crippen molar-refractivity contribution in [1.82, 2.24) is 34.6 Å². The second-order valence-electron chi connectivity index (χ2n) is 17.5. The zero-order valence-electron chi connectivity index (χ0n) is 39.3. The number of halogens is 4. The Morgan fingerprint density at radius 1 is 0.638 bits per heavy atom. The second-order valence-corrected chi connectivity index (χ2v) is 18.4. The highest BCUT2D eigenvalue weighted by Crippen LogP contribution is 2.39. The van der Waals surface area contributed by atoms with E-state index in [0.717, 1.165) is 62.1 Å². The van der Waals surface area contributed by atoms with Crippen molar-refractivity contribution in [2.75, 3.05) is 72.3 Å². The predicted octanol–water partition coefficient (Wildman–Crippen LogP) is 10.7. The SMILES string of the molecule is COc1cc2ncnc(Nc3ccc(F)c(Cl)c3)c2cc1O[C@H]1CC[C@H](N(C)C(=O)N2CCOCC2)CC1.COc1cc2ncnc(Nc3ccc(F)c(Cl)c3)c2cc1O[C@H]1CC[C@H](N(C)C)CC1. The standard InChI is InChI=1S/C27H31ClFN5O4.C23H26ClFN4O2/c1-33(27(35)34-9-11-37-12-10-34)18-4-6-19(7-5-18)38-25-14-20-23(15-24(25)36-2)30-16-31-26(20)32-17-3-8-22(29)21(28)13-17;1-29(2)15-5-7-16(8-6-15)31-22-11-17-20(12-21(22)30-3)26-13-27-23(17)28-14-4-9-19(25)18(24)10-14/h3,8,13-16,18-19H,4-7,9-12H2,1-2H3,(H,30,31,32);4,9-13,15-16H,5-8H2,1-3H3,(H,26,27,28)/t18-,19-;15-,16-. The molecule has 2 saturated carbocycles. The fourth-order valence-corrected chi connectivity index (χ4v) is 9.34. The Hall–Kier alpha value is -6.01. The molecule has 366 valence electrons. The van der Waals surface area contributed by atoms with E-state index in [4.69, 9.17) is 46.9 Å². The summed E-state index contributed by atoms with van der Waals surface area (Å²) in [6, 6.07) is 17.1. The average Bonchev–Trinajstić information content (AvgIpc) is 3.36. The molecule has 2 amide bonds. The molecule has 0 atom stereocenters. The number of urea groups is 1. The molecule has 0 spiro atoms. The third-order valence-corrected chi connectivity index (χ3v) is 13.5. The number of methoxy groups -OCH3 is 2. The molecule has 19 heteroatoms. The van der Waals surface area contributed by atoms with E-state index in [2.05, 4.69) is 49.6 Å². The van der Waals surface area contributed by atoms with Gasteiger partial charge in [-0.1, -0.05) is 23.2 Å². The molecule has 9 rings (SSSR count). The molecule has 3 fully saturated rings. The van der Waals surface area contributed by atoms with Gasteiger partial charge in [0, 0.05) is 66.5 Å². The quantitative estimate of drug-likeness (QED) is 0.120. The van der Waals surface area contributed by atoms with E-state index in [-0.39, 0.29) is 34.3 Å². The molecule has 2 aromatic heterocycles. The summed E-state index contributed by atoms with van der Waals surface area (Å²) in [5.74, 6) is 2.63. The van der Waals surface area contributed by atoms with Crippen molar-refractivity contribution >= 4 is 74.0 Å². The highest BCUT2D eigenvalue weighted by atomic mass is 35.5. The van der Waals surface area contributed by atoms with Crippen LogP contribution in [0.4, 0.5) is 36.6 Å². The summed E-state index contributed by atoms with van der Waals surface area (Å²) >= 11 is 11.9. The minimum Gasteiger partial charge on any atom is -0.493 e. The van der Waals surface area contributed by atoms with Gasteiger partial charge in [-0.15, -0.1) is 0 Å². The van der Waals surface area contributed by atoms with Gasteiger partial charge in [-0.2, -0.15) is 0 Å². The maximum atomic E-state index is 13.6. The average molecular weight is 989 g/mol. The molecule has 3 aliphatic rings. The highest BCUT2D eigenvalue weighted by Gasteiger charge is 2.31. The second kappa shape index (κ2) is 22.6. The first-order chi connectivity index (χ1) is 33.4. The molecule has 2 N–H and O–H groups in total. The van der Waals surface area contributed by atoms with Gasteiger partial charge in [-0.25, -0.2) is 33.5 Å². The van der Waals surface area contributed by atoms with Gasteiger partial charge >= 0.3 is 6.03 Å². The van der Waals surface area contributed by atoms with Gasteiger partial charge in [0.2, 0.25) is 0 Å². The number of hydrogen-bond donors (Lipinski definition) is 2. The molecule has 15 nitrogen and oxygen atoms in total. The number of fused-ring (bicyclic) bond motifs is 2. The number of carbonyl (C=O) groups excluding carboxylic acids is 1. The fourth-order valence-electron chi connectivity index (χ4n) is 8.97. The molecular formula is C50H57Cl2F2N9O6. The summed E-state index contributed by atoms with van der Waals surface area (Å²) in [5.41, 5.74) is 2.62. The number of ether oxygens (including phenoxy) is 5. The number of nitrogens with zero attached hydrogens (tertiary/aromatic N) is 7. The van der Waals surface area contributed by atoms with Gasteiger partial charge in [-0.05, 0) is 114 Å². The van der Waals surface area contributed by atoms with Gasteiger partial charge in [-0.3, -0.25) is 0 Å². The van der Waals surface area contributed by atoms with Crippen molar-refractivity contribution < 1.29 is 37.3 Å². The summed E-state index contributed by atoms with van der Waals surface area (Å²) in [7, 11) is 9.36. The van der Waals surface area contributed by atoms with Crippen LogP contribution in [0.1, 0.15) is 51.4 Å². The zero-order chi connectivity index (χ0) is 48.6. The molecule has 0 bridgehead atoms. The first-order valence-electron chi connectivity index (χ1n) is 23.1. The van der Waals surface area contributed by atoms with Crippen molar-refractivity contribution in [3.8, 4) is 23.0 Å². The predicted molar refractivity (Wildman–Crippen MR) is 264 cm³/mol. The Balaban J connectivity index is 0.000000190. The lowest BCUT2D eigenvalue weighted by Crippen LogP contribution is -2.51. The maximum absolute atomic E-state index is 13.6. The van der Waals surface area contributed by atoms with Crippen LogP contribution in [0.3, 0.4) is 0 Å². The number of aromatic nitrogens is 4. The van der Waals surface area contributed by atoms with E-state index in [1.54, 1.807) is 26.4 Å². The van der Waals surface area contributed by atoms with Gasteiger partial charge in [0.1, 0.15) is 35.9 Å². The summed E-state index contributed by atoms with van der Waals surface area (Å²) < 4.78 is 56.4. The normalized spacial score (nSPS) is 19.4. The number of rotatable bonds is 12. The van der Waals surface area contributed by atoms with Gasteiger partial charge in [0.25, 0.3) is 0 Å². The smallest absolute Gasteiger partial charge is 0.320 e. The van der Waals surface area contributed by atoms with Gasteiger partial charge in [0.05, 0.1) is 60.7 Å². The molecule has 6 aromatic rings. The van der Waals surface area contributed by atoms with Crippen LogP contribution in [0.25, 0.3) is 21.8 Å². The Bertz CT molecular complexity index is 2740. The highest BCUT2D eigenvalue weighted by molar-refractivity contribution is 6.31. The Labute approximate surface area is 410 Å². The third-order valence-electron chi connectivity index (χ3n) is 12.9. The lowest BCUT2D eigenvalue weighted by molar-refractivity contribution is 0.0369. The summed E-state index contributed by atoms with van der Waals surface area (Å²) in [5, 5.41) is 7.96. The molecular weight excluding hydrogens is 932 g/mol. The number of benzene rings is 4. The first kappa shape index (κ1) is 49.4. The van der Waals surface area contributed by atoms with E-state index in [9.17, 15) is 13.6 Å². The van der Waals surface area contributed by atoms with Gasteiger partial charge < -0.3 is 49.0 Å². The molecule has 1 saturated heterocycles. The van der Waals surface area contributed by atoms with Crippen LogP contribution in [-0.4, -0.2) is 127 Å². The van der Waals surface area contributed by atoms with Gasteiger partial charge in [0.15, 0.2) is 23.0 Å². The Morgan fingerprint density at radius 3 is 1.51 bits per heavy atom. The summed E-state index contributed by atoms with van der Waals surface area (Å²) in [6.07, 6.45) is 10.6. The van der Waals surface area contributed by atoms with Crippen molar-refractivity contribution in [3.63, 3.8) is 0 Å². The molecule has 2 aliphatic carbocycles. The minimum atomic E-state index is -0.489. The van der Waals surface area contributed by atoms with Crippen LogP contribution >= 0.6 is 23.2 Å². The topological polar surface area (TPSA) is 149 Å². The summed E-state index contributed by atoms with van der Waals surface area (Å²) in [4.78, 5) is 36.4. The van der Waals surface area contributed by atoms with E-state index in [0.29, 0.717) is 89.4 Å². The van der Waals surface area contributed by atoms with E-state index in [1.807, 2.05) is 41.1 Å². The van der Waals surface area contributed by atoms with Crippen molar-refractivity contribution in [2.24, 2.45) is 0 Å². The molecule has 3 heterocycles. The van der Waals surface area contributed by atoms with Crippen LogP contribution in [0.2, 0.25) is 10.0 Å². The monoisotopic (exact) mass is 987 g/mol. The number of hydrogen-bond acceptors (Lipinski definition) is 13. The number of morpholine rings is 1. The number of amides is 2. The third kappa shape index (κ3) is 12.1. The van der Waals surface area contributed by atoms with Crippen molar-refractivity contribution in [2.45, 2.75) is 75.7 Å². The van der Waals surface area contributed by atoms with Crippen LogP contribution in [0, 0.1) is 11.6 Å². The van der Waals surface area contributed by atoms with E-state index >= 15 is 0 Å². The van der Waals surface area contributed by atoms with Crippen molar-refractivity contribution in [3.05, 3.63) is 95.0 Å². The maximum Gasteiger partial charge on any atom is 0.320 e. The van der Waals surface area contributed by atoms with Crippen LogP contribution in [-0.2, 0) is 4.74 Å². The fraction of sp³-hybridized carbons (Fsp3) is 0.420. The summed E-state index contributed by atoms with van der Waals surface area (Å²) in [6.45, 7) is 2.46. The van der Waals surface area contributed by atoms with E-state index < -0.39 is 11.6 Å².